The lowest BCUT2D eigenvalue weighted by Gasteiger charge is -2.19. The fourth-order valence-electron chi connectivity index (χ4n) is 10.2. The molecule has 73 heavy (non-hydrogen) atoms. The first kappa shape index (κ1) is 71.1. The predicted molar refractivity (Wildman–Crippen MR) is 327 cm³/mol. The Morgan fingerprint density at radius 3 is 0.890 bits per heavy atom. The number of rotatable bonds is 61. The van der Waals surface area contributed by atoms with E-state index in [0.29, 0.717) is 6.42 Å². The van der Waals surface area contributed by atoms with Crippen LogP contribution in [0.1, 0.15) is 354 Å². The van der Waals surface area contributed by atoms with Gasteiger partial charge in [-0.25, -0.2) is 0 Å². The van der Waals surface area contributed by atoms with E-state index in [4.69, 9.17) is 0 Å². The Bertz CT molecular complexity index is 1200. The maximum Gasteiger partial charge on any atom is 0.220 e. The average Bonchev–Trinajstić information content (AvgIpc) is 3.40. The second-order valence-corrected chi connectivity index (χ2v) is 22.5. The molecule has 0 radical (unpaired) electrons. The number of aliphatic hydroxyl groups is 2. The molecule has 3 N–H and O–H groups in total. The highest BCUT2D eigenvalue weighted by Crippen LogP contribution is 2.18. The zero-order chi connectivity index (χ0) is 52.7. The normalized spacial score (nSPS) is 13.1. The molecular formula is C69H129NO3. The van der Waals surface area contributed by atoms with Gasteiger partial charge in [0, 0.05) is 6.42 Å². The Kier molecular flexibility index (Phi) is 62.7. The standard InChI is InChI=1S/C69H129NO3/c1-3-5-7-9-11-13-15-17-19-21-23-25-27-29-30-31-32-33-34-35-36-37-38-39-40-41-43-45-47-49-51-53-55-57-59-61-63-65-69(73)70-67(66-71)68(72)64-62-60-58-56-54-52-50-48-46-44-42-28-26-24-22-20-18-16-14-12-10-8-6-4-2/h15,17,21,23,27,29,54,56,62,64,67-68,71-72H,3-14,16,18-20,22,24-26,28,30-53,55,57-61,63,65-66H2,1-2H3,(H,70,73)/b17-15-,23-21-,29-27-,56-54+,64-62+. The highest BCUT2D eigenvalue weighted by atomic mass is 16.3. The van der Waals surface area contributed by atoms with Crippen molar-refractivity contribution in [2.24, 2.45) is 0 Å². The Hall–Kier alpha value is -1.91. The number of hydrogen-bond donors (Lipinski definition) is 3. The monoisotopic (exact) mass is 1020 g/mol. The van der Waals surface area contributed by atoms with Crippen LogP contribution < -0.4 is 5.32 Å². The molecule has 1 amide bonds. The summed E-state index contributed by atoms with van der Waals surface area (Å²) in [5.41, 5.74) is 0. The molecule has 0 aliphatic rings. The summed E-state index contributed by atoms with van der Waals surface area (Å²) in [6.07, 6.45) is 91.5. The van der Waals surface area contributed by atoms with Crippen LogP contribution >= 0.6 is 0 Å². The SMILES string of the molecule is CCCCCCC/C=C\C/C=C\C/C=C\CCCCCCCCCCCCCCCCCCCCCCCCC(=O)NC(CO)C(O)/C=C/CC/C=C/CCCCCCCCCCCCCCCCCCCC. The molecule has 0 aromatic rings. The number of hydrogen-bond acceptors (Lipinski definition) is 3. The lowest BCUT2D eigenvalue weighted by atomic mass is 10.0. The summed E-state index contributed by atoms with van der Waals surface area (Å²) in [4.78, 5) is 12.5. The van der Waals surface area contributed by atoms with E-state index in [1.54, 1.807) is 6.08 Å². The molecule has 0 aliphatic carbocycles. The van der Waals surface area contributed by atoms with E-state index in [-0.39, 0.29) is 12.5 Å². The summed E-state index contributed by atoms with van der Waals surface area (Å²) >= 11 is 0. The van der Waals surface area contributed by atoms with E-state index < -0.39 is 12.1 Å². The molecule has 4 nitrogen and oxygen atoms in total. The lowest BCUT2D eigenvalue weighted by Crippen LogP contribution is -2.45. The van der Waals surface area contributed by atoms with Crippen LogP contribution in [0.3, 0.4) is 0 Å². The zero-order valence-corrected chi connectivity index (χ0v) is 49.4. The minimum absolute atomic E-state index is 0.0680. The molecule has 0 bridgehead atoms. The van der Waals surface area contributed by atoms with Crippen LogP contribution in [-0.4, -0.2) is 34.9 Å². The second kappa shape index (κ2) is 64.4. The van der Waals surface area contributed by atoms with Gasteiger partial charge in [0.1, 0.15) is 0 Å². The first-order chi connectivity index (χ1) is 36.2. The van der Waals surface area contributed by atoms with Crippen LogP contribution in [0.4, 0.5) is 0 Å². The van der Waals surface area contributed by atoms with Crippen molar-refractivity contribution in [3.8, 4) is 0 Å². The van der Waals surface area contributed by atoms with Gasteiger partial charge in [-0.15, -0.1) is 0 Å². The van der Waals surface area contributed by atoms with E-state index in [9.17, 15) is 15.0 Å². The summed E-state index contributed by atoms with van der Waals surface area (Å²) in [6.45, 7) is 4.32. The number of aliphatic hydroxyl groups excluding tert-OH is 2. The Morgan fingerprint density at radius 2 is 0.575 bits per heavy atom. The number of allylic oxidation sites excluding steroid dienone is 9. The number of unbranched alkanes of at least 4 members (excludes halogenated alkanes) is 46. The van der Waals surface area contributed by atoms with Crippen LogP contribution in [0.2, 0.25) is 0 Å². The molecule has 0 aliphatic heterocycles. The molecule has 0 aromatic carbocycles. The fourth-order valence-corrected chi connectivity index (χ4v) is 10.2. The Labute approximate surface area is 457 Å². The lowest BCUT2D eigenvalue weighted by molar-refractivity contribution is -0.123. The number of amides is 1. The minimum atomic E-state index is -0.864. The van der Waals surface area contributed by atoms with Crippen molar-refractivity contribution in [1.29, 1.82) is 0 Å². The molecule has 0 saturated heterocycles. The molecule has 428 valence electrons. The number of carbonyl (C=O) groups excluding carboxylic acids is 1. The van der Waals surface area contributed by atoms with Crippen molar-refractivity contribution in [2.45, 2.75) is 366 Å². The van der Waals surface area contributed by atoms with Crippen molar-refractivity contribution in [2.75, 3.05) is 6.61 Å². The van der Waals surface area contributed by atoms with Gasteiger partial charge >= 0.3 is 0 Å². The van der Waals surface area contributed by atoms with Crippen molar-refractivity contribution in [3.63, 3.8) is 0 Å². The Morgan fingerprint density at radius 1 is 0.329 bits per heavy atom. The Balaban J connectivity index is 3.46. The van der Waals surface area contributed by atoms with Crippen molar-refractivity contribution in [1.82, 2.24) is 5.32 Å². The van der Waals surface area contributed by atoms with E-state index in [1.165, 1.54) is 289 Å². The maximum absolute atomic E-state index is 12.5. The van der Waals surface area contributed by atoms with Gasteiger partial charge in [0.15, 0.2) is 0 Å². The number of nitrogens with one attached hydrogen (secondary N) is 1. The summed E-state index contributed by atoms with van der Waals surface area (Å²) in [5.74, 6) is -0.0680. The molecule has 0 spiro atoms. The van der Waals surface area contributed by atoms with Gasteiger partial charge in [-0.05, 0) is 70.6 Å². The molecule has 4 heteroatoms. The van der Waals surface area contributed by atoms with Gasteiger partial charge < -0.3 is 15.5 Å². The van der Waals surface area contributed by atoms with Gasteiger partial charge in [-0.3, -0.25) is 4.79 Å². The largest absolute Gasteiger partial charge is 0.394 e. The zero-order valence-electron chi connectivity index (χ0n) is 49.4. The highest BCUT2D eigenvalue weighted by molar-refractivity contribution is 5.76. The van der Waals surface area contributed by atoms with Crippen molar-refractivity contribution in [3.05, 3.63) is 60.8 Å². The van der Waals surface area contributed by atoms with Gasteiger partial charge in [-0.2, -0.15) is 0 Å². The predicted octanol–water partition coefficient (Wildman–Crippen LogP) is 22.3. The third-order valence-corrected chi connectivity index (χ3v) is 15.2. The number of carbonyl (C=O) groups is 1. The smallest absolute Gasteiger partial charge is 0.220 e. The van der Waals surface area contributed by atoms with E-state index in [1.807, 2.05) is 6.08 Å². The minimum Gasteiger partial charge on any atom is -0.394 e. The maximum atomic E-state index is 12.5. The third-order valence-electron chi connectivity index (χ3n) is 15.2. The first-order valence-electron chi connectivity index (χ1n) is 33.0. The average molecular weight is 1020 g/mol. The first-order valence-corrected chi connectivity index (χ1v) is 33.0. The summed E-state index contributed by atoms with van der Waals surface area (Å²) < 4.78 is 0. The van der Waals surface area contributed by atoms with Crippen molar-refractivity contribution >= 4 is 5.91 Å². The fraction of sp³-hybridized carbons (Fsp3) is 0.841. The quantitative estimate of drug-likeness (QED) is 0.0420. The van der Waals surface area contributed by atoms with Crippen LogP contribution in [0.5, 0.6) is 0 Å². The molecule has 2 atom stereocenters. The summed E-state index contributed by atoms with van der Waals surface area (Å²) in [6, 6.07) is -0.640. The van der Waals surface area contributed by atoms with Gasteiger partial charge in [0.2, 0.25) is 5.91 Å². The van der Waals surface area contributed by atoms with Crippen molar-refractivity contribution < 1.29 is 15.0 Å². The van der Waals surface area contributed by atoms with Crippen LogP contribution in [0, 0.1) is 0 Å². The highest BCUT2D eigenvalue weighted by Gasteiger charge is 2.18. The van der Waals surface area contributed by atoms with E-state index in [2.05, 4.69) is 67.8 Å². The molecular weight excluding hydrogens is 891 g/mol. The third kappa shape index (κ3) is 60.8. The van der Waals surface area contributed by atoms with Gasteiger partial charge in [-0.1, -0.05) is 338 Å². The molecule has 0 heterocycles. The summed E-state index contributed by atoms with van der Waals surface area (Å²) in [7, 11) is 0. The molecule has 0 saturated carbocycles. The molecule has 0 rings (SSSR count). The summed E-state index contributed by atoms with van der Waals surface area (Å²) in [5, 5.41) is 23.2. The molecule has 2 unspecified atom stereocenters. The van der Waals surface area contributed by atoms with Gasteiger partial charge in [0.05, 0.1) is 18.8 Å². The van der Waals surface area contributed by atoms with Crippen LogP contribution in [0.25, 0.3) is 0 Å². The topological polar surface area (TPSA) is 69.6 Å². The molecule has 0 fully saturated rings. The second-order valence-electron chi connectivity index (χ2n) is 22.5. The van der Waals surface area contributed by atoms with Crippen LogP contribution in [-0.2, 0) is 4.79 Å². The van der Waals surface area contributed by atoms with E-state index >= 15 is 0 Å². The molecule has 0 aromatic heterocycles. The van der Waals surface area contributed by atoms with E-state index in [0.717, 1.165) is 44.9 Å². The van der Waals surface area contributed by atoms with Crippen LogP contribution in [0.15, 0.2) is 60.8 Å². The van der Waals surface area contributed by atoms with Gasteiger partial charge in [0.25, 0.3) is 0 Å².